The van der Waals surface area contributed by atoms with Gasteiger partial charge in [-0.15, -0.1) is 0 Å². The van der Waals surface area contributed by atoms with Crippen LogP contribution in [0, 0.1) is 5.41 Å². The Hall–Kier alpha value is -1.42. The largest absolute Gasteiger partial charge is 0.324 e. The number of carbonyl (C=O) groups excluding carboxylic acids is 1. The fourth-order valence-electron chi connectivity index (χ4n) is 1.54. The third-order valence-electron chi connectivity index (χ3n) is 2.61. The molecular weight excluding hydrogens is 292 g/mol. The molecule has 2 aromatic rings. The van der Waals surface area contributed by atoms with Crippen LogP contribution in [0.3, 0.4) is 0 Å². The van der Waals surface area contributed by atoms with Gasteiger partial charge in [-0.25, -0.2) is 0 Å². The predicted molar refractivity (Wildman–Crippen MR) is 77.5 cm³/mol. The van der Waals surface area contributed by atoms with Crippen LogP contribution in [0.4, 0.5) is 5.69 Å². The number of para-hydroxylation sites is 1. The van der Waals surface area contributed by atoms with Gasteiger partial charge < -0.3 is 5.32 Å². The van der Waals surface area contributed by atoms with Gasteiger partial charge in [-0.1, -0.05) is 32.9 Å². The number of aromatic nitrogens is 1. The number of pyridine rings is 1. The number of halogens is 1. The molecule has 0 radical (unpaired) electrons. The molecule has 1 aromatic heterocycles. The molecule has 0 spiro atoms. The molecule has 1 heterocycles. The van der Waals surface area contributed by atoms with Crippen LogP contribution in [0.5, 0.6) is 0 Å². The Kier molecular flexibility index (Phi) is 3.39. The molecule has 4 heteroatoms. The molecule has 2 rings (SSSR count). The van der Waals surface area contributed by atoms with Crippen LogP contribution in [-0.4, -0.2) is 10.9 Å². The molecule has 1 N–H and O–H groups in total. The summed E-state index contributed by atoms with van der Waals surface area (Å²) in [7, 11) is 0. The lowest BCUT2D eigenvalue weighted by Gasteiger charge is -2.18. The van der Waals surface area contributed by atoms with E-state index in [0.717, 1.165) is 21.1 Å². The van der Waals surface area contributed by atoms with Crippen LogP contribution in [0.15, 0.2) is 34.9 Å². The molecular formula is C14H15BrN2O. The highest BCUT2D eigenvalue weighted by Gasteiger charge is 2.21. The lowest BCUT2D eigenvalue weighted by Crippen LogP contribution is -2.27. The van der Waals surface area contributed by atoms with Gasteiger partial charge in [0.25, 0.3) is 0 Å². The highest BCUT2D eigenvalue weighted by molar-refractivity contribution is 9.10. The molecule has 1 aromatic carbocycles. The number of carbonyl (C=O) groups is 1. The summed E-state index contributed by atoms with van der Waals surface area (Å²) in [6.45, 7) is 5.66. The van der Waals surface area contributed by atoms with E-state index in [4.69, 9.17) is 0 Å². The highest BCUT2D eigenvalue weighted by atomic mass is 79.9. The molecule has 18 heavy (non-hydrogen) atoms. The van der Waals surface area contributed by atoms with Crippen molar-refractivity contribution < 1.29 is 4.79 Å². The Morgan fingerprint density at radius 3 is 2.72 bits per heavy atom. The van der Waals surface area contributed by atoms with Crippen molar-refractivity contribution in [2.45, 2.75) is 20.8 Å². The molecule has 94 valence electrons. The molecule has 0 unspecified atom stereocenters. The zero-order chi connectivity index (χ0) is 13.3. The number of nitrogens with zero attached hydrogens (tertiary/aromatic N) is 1. The van der Waals surface area contributed by atoms with E-state index in [-0.39, 0.29) is 5.91 Å². The number of fused-ring (bicyclic) bond motifs is 1. The van der Waals surface area contributed by atoms with Crippen molar-refractivity contribution in [3.63, 3.8) is 0 Å². The summed E-state index contributed by atoms with van der Waals surface area (Å²) in [5.74, 6) is -0.0141. The minimum absolute atomic E-state index is 0.0141. The Labute approximate surface area is 115 Å². The summed E-state index contributed by atoms with van der Waals surface area (Å²) >= 11 is 3.39. The average Bonchev–Trinajstić information content (AvgIpc) is 2.27. The zero-order valence-corrected chi connectivity index (χ0v) is 12.2. The number of hydrogen-bond donors (Lipinski definition) is 1. The van der Waals surface area contributed by atoms with E-state index >= 15 is 0 Å². The fraction of sp³-hybridized carbons (Fsp3) is 0.286. The van der Waals surface area contributed by atoms with Crippen LogP contribution in [0.25, 0.3) is 10.9 Å². The first-order valence-electron chi connectivity index (χ1n) is 5.73. The SMILES string of the molecule is CC(C)(C)C(=O)Nc1cccc2cc(Br)cnc12. The Morgan fingerprint density at radius 2 is 2.06 bits per heavy atom. The number of amides is 1. The van der Waals surface area contributed by atoms with E-state index in [9.17, 15) is 4.79 Å². The quantitative estimate of drug-likeness (QED) is 0.866. The zero-order valence-electron chi connectivity index (χ0n) is 10.6. The van der Waals surface area contributed by atoms with Gasteiger partial charge in [-0.3, -0.25) is 9.78 Å². The topological polar surface area (TPSA) is 42.0 Å². The molecule has 1 amide bonds. The lowest BCUT2D eigenvalue weighted by molar-refractivity contribution is -0.123. The predicted octanol–water partition coefficient (Wildman–Crippen LogP) is 3.98. The first kappa shape index (κ1) is 13.0. The van der Waals surface area contributed by atoms with Gasteiger partial charge in [0.15, 0.2) is 0 Å². The van der Waals surface area contributed by atoms with Gasteiger partial charge in [0.05, 0.1) is 11.2 Å². The number of rotatable bonds is 1. The van der Waals surface area contributed by atoms with Crippen molar-refractivity contribution in [2.24, 2.45) is 5.41 Å². The van der Waals surface area contributed by atoms with Gasteiger partial charge in [0.1, 0.15) is 0 Å². The standard InChI is InChI=1S/C14H15BrN2O/c1-14(2,3)13(18)17-11-6-4-5-9-7-10(15)8-16-12(9)11/h4-8H,1-3H3,(H,17,18). The number of benzene rings is 1. The minimum Gasteiger partial charge on any atom is -0.324 e. The third kappa shape index (κ3) is 2.70. The Bertz CT molecular complexity index is 602. The van der Waals surface area contributed by atoms with Gasteiger partial charge >= 0.3 is 0 Å². The van der Waals surface area contributed by atoms with Crippen LogP contribution in [-0.2, 0) is 4.79 Å². The van der Waals surface area contributed by atoms with E-state index in [0.29, 0.717) is 0 Å². The van der Waals surface area contributed by atoms with E-state index in [2.05, 4.69) is 26.2 Å². The summed E-state index contributed by atoms with van der Waals surface area (Å²) in [4.78, 5) is 16.4. The summed E-state index contributed by atoms with van der Waals surface area (Å²) < 4.78 is 0.925. The maximum absolute atomic E-state index is 12.0. The van der Waals surface area contributed by atoms with E-state index in [1.54, 1.807) is 6.20 Å². The fourth-order valence-corrected chi connectivity index (χ4v) is 1.89. The van der Waals surface area contributed by atoms with E-state index < -0.39 is 5.41 Å². The molecule has 0 atom stereocenters. The van der Waals surface area contributed by atoms with E-state index in [1.807, 2.05) is 45.0 Å². The van der Waals surface area contributed by atoms with Crippen LogP contribution < -0.4 is 5.32 Å². The number of nitrogens with one attached hydrogen (secondary N) is 1. The van der Waals surface area contributed by atoms with Gasteiger partial charge in [-0.05, 0) is 28.1 Å². The summed E-state index contributed by atoms with van der Waals surface area (Å²) in [6.07, 6.45) is 1.73. The Morgan fingerprint density at radius 1 is 1.33 bits per heavy atom. The van der Waals surface area contributed by atoms with Crippen molar-refractivity contribution in [2.75, 3.05) is 5.32 Å². The van der Waals surface area contributed by atoms with Crippen molar-refractivity contribution >= 4 is 38.4 Å². The van der Waals surface area contributed by atoms with Crippen molar-refractivity contribution in [3.8, 4) is 0 Å². The maximum atomic E-state index is 12.0. The number of hydrogen-bond acceptors (Lipinski definition) is 2. The Balaban J connectivity index is 2.43. The molecule has 0 aliphatic heterocycles. The molecule has 0 saturated heterocycles. The van der Waals surface area contributed by atoms with Crippen LogP contribution in [0.1, 0.15) is 20.8 Å². The highest BCUT2D eigenvalue weighted by Crippen LogP contribution is 2.25. The minimum atomic E-state index is -0.419. The second-order valence-electron chi connectivity index (χ2n) is 5.23. The van der Waals surface area contributed by atoms with Crippen molar-refractivity contribution in [3.05, 3.63) is 34.9 Å². The molecule has 0 bridgehead atoms. The third-order valence-corrected chi connectivity index (χ3v) is 3.04. The second kappa shape index (κ2) is 4.69. The molecule has 0 aliphatic rings. The second-order valence-corrected chi connectivity index (χ2v) is 6.15. The van der Waals surface area contributed by atoms with Gasteiger partial charge in [-0.2, -0.15) is 0 Å². The summed E-state index contributed by atoms with van der Waals surface area (Å²) in [6, 6.07) is 7.73. The first-order valence-corrected chi connectivity index (χ1v) is 6.53. The number of anilines is 1. The van der Waals surface area contributed by atoms with E-state index in [1.165, 1.54) is 0 Å². The molecule has 0 aliphatic carbocycles. The average molecular weight is 307 g/mol. The van der Waals surface area contributed by atoms with Gasteiger partial charge in [0, 0.05) is 21.5 Å². The summed E-state index contributed by atoms with van der Waals surface area (Å²) in [5.41, 5.74) is 1.13. The molecule has 0 saturated carbocycles. The van der Waals surface area contributed by atoms with Crippen LogP contribution in [0.2, 0.25) is 0 Å². The lowest BCUT2D eigenvalue weighted by atomic mass is 9.95. The normalized spacial score (nSPS) is 11.6. The maximum Gasteiger partial charge on any atom is 0.229 e. The van der Waals surface area contributed by atoms with Crippen molar-refractivity contribution in [1.29, 1.82) is 0 Å². The monoisotopic (exact) mass is 306 g/mol. The molecule has 0 fully saturated rings. The summed E-state index contributed by atoms with van der Waals surface area (Å²) in [5, 5.41) is 3.92. The van der Waals surface area contributed by atoms with Crippen LogP contribution >= 0.6 is 15.9 Å². The molecule has 3 nitrogen and oxygen atoms in total. The van der Waals surface area contributed by atoms with Gasteiger partial charge in [0.2, 0.25) is 5.91 Å². The smallest absolute Gasteiger partial charge is 0.229 e. The first-order chi connectivity index (χ1) is 8.38. The van der Waals surface area contributed by atoms with Crippen molar-refractivity contribution in [1.82, 2.24) is 4.98 Å².